The Morgan fingerprint density at radius 3 is 2.70 bits per heavy atom. The molecule has 0 atom stereocenters. The minimum atomic E-state index is -0.374. The first-order chi connectivity index (χ1) is 4.81. The number of rotatable bonds is 4. The van der Waals surface area contributed by atoms with Gasteiger partial charge in [-0.05, 0) is 13.3 Å². The van der Waals surface area contributed by atoms with Crippen molar-refractivity contribution in [2.75, 3.05) is 6.67 Å². The monoisotopic (exact) mass is 140 g/mol. The van der Waals surface area contributed by atoms with E-state index in [2.05, 4.69) is 6.58 Å². The zero-order valence-corrected chi connectivity index (χ0v) is 6.31. The van der Waals surface area contributed by atoms with Gasteiger partial charge in [-0.1, -0.05) is 36.5 Å². The first-order valence-corrected chi connectivity index (χ1v) is 3.30. The van der Waals surface area contributed by atoms with Crippen molar-refractivity contribution in [1.29, 1.82) is 0 Å². The molecule has 0 aromatic rings. The molecule has 0 rings (SSSR count). The molecular weight excluding hydrogens is 127 g/mol. The third-order valence-corrected chi connectivity index (χ3v) is 1.10. The fourth-order valence-electron chi connectivity index (χ4n) is 0.601. The lowest BCUT2D eigenvalue weighted by atomic mass is 10.2. The normalized spacial score (nSPS) is 12.4. The van der Waals surface area contributed by atoms with Gasteiger partial charge in [0.15, 0.2) is 0 Å². The van der Waals surface area contributed by atoms with Gasteiger partial charge in [0.05, 0.1) is 0 Å². The molecule has 0 bridgehead atoms. The average molecular weight is 140 g/mol. The van der Waals surface area contributed by atoms with Gasteiger partial charge in [-0.3, -0.25) is 0 Å². The maximum absolute atomic E-state index is 11.5. The minimum absolute atomic E-state index is 0.374. The minimum Gasteiger partial charge on any atom is -0.247 e. The fraction of sp³-hybridized carbons (Fsp3) is 0.333. The summed E-state index contributed by atoms with van der Waals surface area (Å²) >= 11 is 0. The Labute approximate surface area is 61.8 Å². The van der Waals surface area contributed by atoms with Crippen LogP contribution in [0.3, 0.4) is 0 Å². The maximum atomic E-state index is 11.5. The van der Waals surface area contributed by atoms with Crippen molar-refractivity contribution < 1.29 is 4.39 Å². The molecule has 1 heteroatoms. The van der Waals surface area contributed by atoms with Gasteiger partial charge < -0.3 is 0 Å². The van der Waals surface area contributed by atoms with Crippen molar-refractivity contribution in [3.63, 3.8) is 0 Å². The highest BCUT2D eigenvalue weighted by Gasteiger charge is 1.80. The van der Waals surface area contributed by atoms with E-state index >= 15 is 0 Å². The average Bonchev–Trinajstić information content (AvgIpc) is 1.89. The van der Waals surface area contributed by atoms with Crippen LogP contribution in [-0.4, -0.2) is 6.67 Å². The van der Waals surface area contributed by atoms with E-state index in [9.17, 15) is 4.39 Å². The molecule has 0 saturated heterocycles. The van der Waals surface area contributed by atoms with Gasteiger partial charge in [0.1, 0.15) is 6.67 Å². The predicted molar refractivity (Wildman–Crippen MR) is 43.7 cm³/mol. The van der Waals surface area contributed by atoms with Gasteiger partial charge in [-0.25, -0.2) is 4.39 Å². The van der Waals surface area contributed by atoms with Crippen LogP contribution in [0.15, 0.2) is 36.5 Å². The molecule has 0 N–H and O–H groups in total. The number of allylic oxidation sites excluding steroid dienone is 5. The Morgan fingerprint density at radius 2 is 2.20 bits per heavy atom. The molecule has 0 unspecified atom stereocenters. The smallest absolute Gasteiger partial charge is 0.108 e. The highest BCUT2D eigenvalue weighted by Crippen LogP contribution is 2.00. The van der Waals surface area contributed by atoms with Crippen LogP contribution < -0.4 is 0 Å². The quantitative estimate of drug-likeness (QED) is 0.416. The Hall–Kier alpha value is -0.850. The summed E-state index contributed by atoms with van der Waals surface area (Å²) in [6, 6.07) is 0. The van der Waals surface area contributed by atoms with Crippen LogP contribution in [0, 0.1) is 0 Å². The van der Waals surface area contributed by atoms with Gasteiger partial charge in [-0.2, -0.15) is 0 Å². The Bertz CT molecular complexity index is 143. The second-order valence-electron chi connectivity index (χ2n) is 2.08. The summed E-state index contributed by atoms with van der Waals surface area (Å²) in [5.41, 5.74) is 1.19. The highest BCUT2D eigenvalue weighted by molar-refractivity contribution is 5.11. The molecule has 0 spiro atoms. The Morgan fingerprint density at radius 1 is 1.50 bits per heavy atom. The highest BCUT2D eigenvalue weighted by atomic mass is 19.1. The van der Waals surface area contributed by atoms with Crippen molar-refractivity contribution in [3.8, 4) is 0 Å². The van der Waals surface area contributed by atoms with Gasteiger partial charge in [0, 0.05) is 0 Å². The molecule has 56 valence electrons. The lowest BCUT2D eigenvalue weighted by Gasteiger charge is -1.90. The van der Waals surface area contributed by atoms with Crippen molar-refractivity contribution in [1.82, 2.24) is 0 Å². The molecule has 0 fully saturated rings. The SMILES string of the molecule is C=C/C=C(/C)C/C=C\CF. The molecule has 0 saturated carbocycles. The molecular formula is C9H13F. The molecule has 0 amide bonds. The standard InChI is InChI=1S/C9H13F/c1-3-6-9(2)7-4-5-8-10/h3-6H,1,7-8H2,2H3/b5-4-,9-6-. The third-order valence-electron chi connectivity index (χ3n) is 1.10. The van der Waals surface area contributed by atoms with Gasteiger partial charge in [0.2, 0.25) is 0 Å². The summed E-state index contributed by atoms with van der Waals surface area (Å²) in [4.78, 5) is 0. The first kappa shape index (κ1) is 9.15. The van der Waals surface area contributed by atoms with E-state index in [4.69, 9.17) is 0 Å². The zero-order chi connectivity index (χ0) is 7.82. The lowest BCUT2D eigenvalue weighted by molar-refractivity contribution is 0.561. The summed E-state index contributed by atoms with van der Waals surface area (Å²) in [6.07, 6.45) is 7.80. The lowest BCUT2D eigenvalue weighted by Crippen LogP contribution is -1.71. The molecule has 0 aromatic carbocycles. The molecule has 0 heterocycles. The molecule has 0 aliphatic rings. The summed E-state index contributed by atoms with van der Waals surface area (Å²) in [6.45, 7) is 5.17. The van der Waals surface area contributed by atoms with Crippen molar-refractivity contribution >= 4 is 0 Å². The predicted octanol–water partition coefficient (Wildman–Crippen LogP) is 3.03. The van der Waals surface area contributed by atoms with E-state index in [0.717, 1.165) is 6.42 Å². The van der Waals surface area contributed by atoms with Crippen LogP contribution in [0.2, 0.25) is 0 Å². The number of halogens is 1. The fourth-order valence-corrected chi connectivity index (χ4v) is 0.601. The largest absolute Gasteiger partial charge is 0.247 e. The summed E-state index contributed by atoms with van der Waals surface area (Å²) in [7, 11) is 0. The van der Waals surface area contributed by atoms with Crippen LogP contribution in [0.4, 0.5) is 4.39 Å². The maximum Gasteiger partial charge on any atom is 0.108 e. The van der Waals surface area contributed by atoms with E-state index in [1.165, 1.54) is 11.6 Å². The topological polar surface area (TPSA) is 0 Å². The van der Waals surface area contributed by atoms with Crippen LogP contribution in [0.1, 0.15) is 13.3 Å². The van der Waals surface area contributed by atoms with Crippen molar-refractivity contribution in [2.45, 2.75) is 13.3 Å². The van der Waals surface area contributed by atoms with E-state index in [0.29, 0.717) is 0 Å². The molecule has 0 nitrogen and oxygen atoms in total. The van der Waals surface area contributed by atoms with Crippen molar-refractivity contribution in [3.05, 3.63) is 36.5 Å². The molecule has 10 heavy (non-hydrogen) atoms. The molecule has 0 aliphatic carbocycles. The van der Waals surface area contributed by atoms with E-state index in [1.54, 1.807) is 6.08 Å². The summed E-state index contributed by atoms with van der Waals surface area (Å²) in [5, 5.41) is 0. The Balaban J connectivity index is 3.57. The number of alkyl halides is 1. The molecule has 0 aromatic heterocycles. The summed E-state index contributed by atoms with van der Waals surface area (Å²) < 4.78 is 11.5. The van der Waals surface area contributed by atoms with Crippen LogP contribution >= 0.6 is 0 Å². The molecule has 0 radical (unpaired) electrons. The van der Waals surface area contributed by atoms with E-state index in [1.807, 2.05) is 19.1 Å². The van der Waals surface area contributed by atoms with Crippen molar-refractivity contribution in [2.24, 2.45) is 0 Å². The van der Waals surface area contributed by atoms with Gasteiger partial charge in [0.25, 0.3) is 0 Å². The third kappa shape index (κ3) is 5.29. The van der Waals surface area contributed by atoms with Gasteiger partial charge >= 0.3 is 0 Å². The second kappa shape index (κ2) is 6.27. The Kier molecular flexibility index (Phi) is 5.74. The first-order valence-electron chi connectivity index (χ1n) is 3.30. The van der Waals surface area contributed by atoms with Crippen LogP contribution in [0.5, 0.6) is 0 Å². The summed E-state index contributed by atoms with van der Waals surface area (Å²) in [5.74, 6) is 0. The van der Waals surface area contributed by atoms with E-state index in [-0.39, 0.29) is 6.67 Å². The van der Waals surface area contributed by atoms with Crippen LogP contribution in [-0.2, 0) is 0 Å². The zero-order valence-electron chi connectivity index (χ0n) is 6.31. The molecule has 0 aliphatic heterocycles. The van der Waals surface area contributed by atoms with Crippen LogP contribution in [0.25, 0.3) is 0 Å². The van der Waals surface area contributed by atoms with Gasteiger partial charge in [-0.15, -0.1) is 0 Å². The number of hydrogen-bond acceptors (Lipinski definition) is 0. The van der Waals surface area contributed by atoms with E-state index < -0.39 is 0 Å². The second-order valence-corrected chi connectivity index (χ2v) is 2.08. The number of hydrogen-bond donors (Lipinski definition) is 0.